The first-order valence-electron chi connectivity index (χ1n) is 9.49. The van der Waals surface area contributed by atoms with Crippen molar-refractivity contribution in [3.8, 4) is 5.69 Å². The third kappa shape index (κ3) is 3.74. The fraction of sp³-hybridized carbons (Fsp3) is 0.222. The molecule has 5 rings (SSSR count). The molecule has 0 saturated carbocycles. The number of anilines is 1. The Hall–Kier alpha value is -3.64. The molecule has 0 unspecified atom stereocenters. The van der Waals surface area contributed by atoms with Crippen molar-refractivity contribution >= 4 is 52.0 Å². The molecule has 2 aromatic heterocycles. The molecule has 166 valence electrons. The molecular weight excluding hydrogens is 465 g/mol. The Morgan fingerprint density at radius 1 is 1.28 bits per heavy atom. The molecule has 2 aliphatic heterocycles. The van der Waals surface area contributed by atoms with Gasteiger partial charge in [-0.25, -0.2) is 9.97 Å². The molecule has 4 heterocycles. The standard InChI is InChI=1S/C18H15Cl2N7O5/c19-11-8-21-18-15(23-11)25-32-27(31-18)10-5-3-4-9(13(10)20)22-16(28)14-17(29)24-12-6-1-2-7-26(12)30-14/h3-5,8,29H,1-2,6-7H2,(H,22,28)(H,23,25). The van der Waals surface area contributed by atoms with Gasteiger partial charge in [0.1, 0.15) is 16.7 Å². The van der Waals surface area contributed by atoms with Gasteiger partial charge in [0, 0.05) is 6.42 Å². The highest BCUT2D eigenvalue weighted by atomic mass is 35.5. The zero-order valence-corrected chi connectivity index (χ0v) is 17.7. The topological polar surface area (TPSA) is 147 Å². The Morgan fingerprint density at radius 3 is 3.03 bits per heavy atom. The van der Waals surface area contributed by atoms with Gasteiger partial charge in [0.15, 0.2) is 0 Å². The monoisotopic (exact) mass is 479 g/mol. The average molecular weight is 480 g/mol. The Kier molecular flexibility index (Phi) is 5.15. The molecule has 1 saturated heterocycles. The van der Waals surface area contributed by atoms with Gasteiger partial charge in [0.2, 0.25) is 5.65 Å². The summed E-state index contributed by atoms with van der Waals surface area (Å²) in [6.07, 6.45) is 3.81. The molecule has 0 spiro atoms. The van der Waals surface area contributed by atoms with Crippen LogP contribution >= 0.6 is 23.2 Å². The second-order valence-corrected chi connectivity index (χ2v) is 7.58. The quantitative estimate of drug-likeness (QED) is 0.512. The lowest BCUT2D eigenvalue weighted by atomic mass is 10.1. The molecule has 0 atom stereocenters. The number of nitrogens with zero attached hydrogens (tertiary/aromatic N) is 5. The summed E-state index contributed by atoms with van der Waals surface area (Å²) in [6.45, 7) is 0.575. The van der Waals surface area contributed by atoms with E-state index in [9.17, 15) is 9.90 Å². The van der Waals surface area contributed by atoms with Crippen molar-refractivity contribution < 1.29 is 23.9 Å². The molecule has 2 aliphatic rings. The number of aliphatic imine (C=N–C) groups is 1. The van der Waals surface area contributed by atoms with E-state index in [0.717, 1.165) is 17.8 Å². The zero-order valence-electron chi connectivity index (χ0n) is 16.2. The molecule has 0 bridgehead atoms. The van der Waals surface area contributed by atoms with E-state index in [-0.39, 0.29) is 38.7 Å². The normalized spacial score (nSPS) is 15.8. The summed E-state index contributed by atoms with van der Waals surface area (Å²) in [5.74, 6) is -0.963. The minimum absolute atomic E-state index is 0.0890. The summed E-state index contributed by atoms with van der Waals surface area (Å²) in [4.78, 5) is 31.3. The Morgan fingerprint density at radius 2 is 2.16 bits per heavy atom. The fourth-order valence-electron chi connectivity index (χ4n) is 3.18. The fourth-order valence-corrected chi connectivity index (χ4v) is 3.55. The van der Waals surface area contributed by atoms with Gasteiger partial charge in [0.25, 0.3) is 23.3 Å². The maximum absolute atomic E-state index is 12.8. The highest BCUT2D eigenvalue weighted by Crippen LogP contribution is 2.30. The zero-order chi connectivity index (χ0) is 22.2. The molecule has 1 amide bonds. The number of nitrogens with one attached hydrogen (secondary N) is 2. The number of hydroxylamine groups is 2. The highest BCUT2D eigenvalue weighted by Gasteiger charge is 2.30. The van der Waals surface area contributed by atoms with Crippen LogP contribution in [0.1, 0.15) is 19.3 Å². The first kappa shape index (κ1) is 20.3. The molecular formula is C18H15Cl2N7O5. The average Bonchev–Trinajstić information content (AvgIpc) is 2.79. The van der Waals surface area contributed by atoms with Crippen LogP contribution in [0.3, 0.4) is 0 Å². The molecule has 3 aromatic rings. The van der Waals surface area contributed by atoms with Crippen LogP contribution in [0.2, 0.25) is 10.2 Å². The molecule has 0 radical (unpaired) electrons. The summed E-state index contributed by atoms with van der Waals surface area (Å²) in [6, 6.07) is 4.76. The van der Waals surface area contributed by atoms with Gasteiger partial charge in [-0.2, -0.15) is 15.2 Å². The number of rotatable bonds is 3. The molecule has 14 heteroatoms. The molecule has 3 N–H and O–H groups in total. The van der Waals surface area contributed by atoms with Crippen LogP contribution in [0.4, 0.5) is 5.69 Å². The van der Waals surface area contributed by atoms with E-state index in [1.165, 1.54) is 11.3 Å². The number of hydrogen-bond donors (Lipinski definition) is 3. The molecule has 0 aliphatic carbocycles. The van der Waals surface area contributed by atoms with Gasteiger partial charge >= 0.3 is 0 Å². The van der Waals surface area contributed by atoms with Crippen LogP contribution in [0.5, 0.6) is 0 Å². The lowest BCUT2D eigenvalue weighted by molar-refractivity contribution is -0.128. The summed E-state index contributed by atoms with van der Waals surface area (Å²) in [5.41, 5.74) is 0.751. The number of benzene rings is 1. The summed E-state index contributed by atoms with van der Waals surface area (Å²) >= 11 is 12.3. The number of aromatic amines is 1. The number of carbonyl (C=O) groups excluding carboxylic acids is 1. The minimum atomic E-state index is -0.723. The summed E-state index contributed by atoms with van der Waals surface area (Å²) < 4.78 is 10.8. The maximum atomic E-state index is 12.8. The lowest BCUT2D eigenvalue weighted by Crippen LogP contribution is -2.40. The number of amidine groups is 1. The van der Waals surface area contributed by atoms with Gasteiger partial charge in [0.05, 0.1) is 23.5 Å². The predicted molar refractivity (Wildman–Crippen MR) is 113 cm³/mol. The predicted octanol–water partition coefficient (Wildman–Crippen LogP) is 3.86. The first-order chi connectivity index (χ1) is 15.5. The second kappa shape index (κ2) is 8.13. The number of piperidine rings is 1. The number of amides is 1. The van der Waals surface area contributed by atoms with Crippen molar-refractivity contribution in [2.24, 2.45) is 4.99 Å². The third-order valence-corrected chi connectivity index (χ3v) is 5.25. The van der Waals surface area contributed by atoms with Crippen molar-refractivity contribution in [2.75, 3.05) is 11.9 Å². The Bertz CT molecular complexity index is 1320. The first-order valence-corrected chi connectivity index (χ1v) is 10.2. The lowest BCUT2D eigenvalue weighted by Gasteiger charge is -2.32. The highest BCUT2D eigenvalue weighted by molar-refractivity contribution is 6.35. The van der Waals surface area contributed by atoms with E-state index < -0.39 is 11.8 Å². The van der Waals surface area contributed by atoms with Crippen molar-refractivity contribution in [3.05, 3.63) is 46.2 Å². The smallest absolute Gasteiger partial charge is 0.299 e. The second-order valence-electron chi connectivity index (χ2n) is 6.81. The number of aliphatic hydroxyl groups is 1. The minimum Gasteiger partial charge on any atom is -0.490 e. The number of hydrogen-bond acceptors (Lipinski definition) is 9. The van der Waals surface area contributed by atoms with E-state index in [4.69, 9.17) is 37.2 Å². The van der Waals surface area contributed by atoms with Crippen molar-refractivity contribution in [2.45, 2.75) is 19.3 Å². The van der Waals surface area contributed by atoms with Crippen molar-refractivity contribution in [1.82, 2.24) is 25.1 Å². The number of halogens is 2. The van der Waals surface area contributed by atoms with Crippen LogP contribution in [0.15, 0.2) is 50.2 Å². The van der Waals surface area contributed by atoms with E-state index in [1.54, 1.807) is 18.2 Å². The number of carbonyl (C=O) groups is 1. The van der Waals surface area contributed by atoms with Crippen LogP contribution in [-0.4, -0.2) is 48.5 Å². The number of aliphatic hydroxyl groups excluding tert-OH is 1. The summed E-state index contributed by atoms with van der Waals surface area (Å²) in [7, 11) is 0. The van der Waals surface area contributed by atoms with Gasteiger partial charge in [-0.05, 0) is 29.9 Å². The van der Waals surface area contributed by atoms with E-state index in [1.807, 2.05) is 0 Å². The Labute approximate surface area is 189 Å². The van der Waals surface area contributed by atoms with Gasteiger partial charge < -0.3 is 19.8 Å². The van der Waals surface area contributed by atoms with Crippen molar-refractivity contribution in [1.29, 1.82) is 0 Å². The van der Waals surface area contributed by atoms with Crippen LogP contribution in [-0.2, 0) is 9.63 Å². The van der Waals surface area contributed by atoms with Gasteiger partial charge in [-0.1, -0.05) is 29.3 Å². The van der Waals surface area contributed by atoms with Crippen LogP contribution < -0.4 is 5.32 Å². The maximum Gasteiger partial charge on any atom is 0.299 e. The van der Waals surface area contributed by atoms with Gasteiger partial charge in [-0.3, -0.25) is 9.42 Å². The molecule has 32 heavy (non-hydrogen) atoms. The SMILES string of the molecule is O=C(Nc1cccc(-n2o[nH]c3nc(Cl)cnc3o2)c1Cl)C1=C(O)N=C2CCCCN2O1. The molecule has 12 nitrogen and oxygen atoms in total. The van der Waals surface area contributed by atoms with E-state index >= 15 is 0 Å². The molecule has 1 fully saturated rings. The van der Waals surface area contributed by atoms with E-state index in [2.05, 4.69) is 25.4 Å². The Balaban J connectivity index is 1.43. The summed E-state index contributed by atoms with van der Waals surface area (Å²) in [5, 5.41) is 17.0. The third-order valence-electron chi connectivity index (χ3n) is 4.67. The van der Waals surface area contributed by atoms with Crippen LogP contribution in [0.25, 0.3) is 17.0 Å². The number of aromatic nitrogens is 4. The molecule has 1 aromatic carbocycles. The number of fused-ring (bicyclic) bond motifs is 2. The van der Waals surface area contributed by atoms with Gasteiger partial charge in [-0.15, -0.1) is 0 Å². The van der Waals surface area contributed by atoms with E-state index in [0.29, 0.717) is 18.8 Å². The number of H-pyrrole nitrogens is 1. The van der Waals surface area contributed by atoms with Crippen LogP contribution in [0, 0.1) is 0 Å². The largest absolute Gasteiger partial charge is 0.490 e. The van der Waals surface area contributed by atoms with Crippen molar-refractivity contribution in [3.63, 3.8) is 0 Å².